The largest absolute Gasteiger partial charge is 0.465 e. The first kappa shape index (κ1) is 16.3. The van der Waals surface area contributed by atoms with Gasteiger partial charge in [-0.2, -0.15) is 0 Å². The van der Waals surface area contributed by atoms with Crippen molar-refractivity contribution in [3.8, 4) is 0 Å². The molecule has 3 aromatic rings. The van der Waals surface area contributed by atoms with Crippen LogP contribution < -0.4 is 4.90 Å². The minimum absolute atomic E-state index is 0.135. The first-order chi connectivity index (χ1) is 11.0. The predicted molar refractivity (Wildman–Crippen MR) is 91.2 cm³/mol. The number of carbonyl (C=O) groups is 1. The number of halogens is 2. The number of carboxylic acid groups (broad SMARTS) is 1. The van der Waals surface area contributed by atoms with E-state index in [0.717, 1.165) is 9.78 Å². The monoisotopic (exact) mass is 416 g/mol. The van der Waals surface area contributed by atoms with Gasteiger partial charge in [0.2, 0.25) is 0 Å². The molecule has 6 nitrogen and oxygen atoms in total. The van der Waals surface area contributed by atoms with Gasteiger partial charge in [-0.25, -0.2) is 9.78 Å². The lowest BCUT2D eigenvalue weighted by Gasteiger charge is -2.18. The van der Waals surface area contributed by atoms with Crippen LogP contribution in [0.2, 0.25) is 5.15 Å². The summed E-state index contributed by atoms with van der Waals surface area (Å²) in [6, 6.07) is 5.13. The third kappa shape index (κ3) is 3.07. The SMILES string of the molecule is O=C(O)N(Cc1cccs1)c1cc(Cl)nc2c(Br)c(CO)oc12. The molecular formula is C14H10BrClN2O4S. The number of amides is 1. The molecule has 2 N–H and O–H groups in total. The van der Waals surface area contributed by atoms with Crippen molar-refractivity contribution >= 4 is 61.7 Å². The highest BCUT2D eigenvalue weighted by molar-refractivity contribution is 9.10. The van der Waals surface area contributed by atoms with Crippen LogP contribution >= 0.6 is 38.9 Å². The maximum absolute atomic E-state index is 11.7. The Morgan fingerprint density at radius 2 is 2.30 bits per heavy atom. The van der Waals surface area contributed by atoms with Crippen molar-refractivity contribution in [2.24, 2.45) is 0 Å². The van der Waals surface area contributed by atoms with Gasteiger partial charge < -0.3 is 14.6 Å². The molecule has 0 spiro atoms. The Labute approximate surface area is 148 Å². The van der Waals surface area contributed by atoms with Crippen molar-refractivity contribution < 1.29 is 19.4 Å². The van der Waals surface area contributed by atoms with E-state index in [1.165, 1.54) is 17.4 Å². The summed E-state index contributed by atoms with van der Waals surface area (Å²) in [7, 11) is 0. The van der Waals surface area contributed by atoms with Gasteiger partial charge in [-0.15, -0.1) is 11.3 Å². The zero-order valence-electron chi connectivity index (χ0n) is 11.5. The summed E-state index contributed by atoms with van der Waals surface area (Å²) >= 11 is 10.8. The third-order valence-corrected chi connectivity index (χ3v) is 5.03. The Balaban J connectivity index is 2.17. The summed E-state index contributed by atoms with van der Waals surface area (Å²) in [5.41, 5.74) is 0.902. The van der Waals surface area contributed by atoms with Gasteiger partial charge in [0.05, 0.1) is 16.7 Å². The number of pyridine rings is 1. The number of rotatable bonds is 4. The predicted octanol–water partition coefficient (Wildman–Crippen LogP) is 4.48. The molecule has 3 heterocycles. The fourth-order valence-corrected chi connectivity index (χ4v) is 3.51. The Hall–Kier alpha value is -1.61. The second-order valence-electron chi connectivity index (χ2n) is 4.59. The molecular weight excluding hydrogens is 408 g/mol. The molecule has 0 aromatic carbocycles. The highest BCUT2D eigenvalue weighted by Gasteiger charge is 2.24. The zero-order valence-corrected chi connectivity index (χ0v) is 14.7. The number of hydrogen-bond acceptors (Lipinski definition) is 5. The van der Waals surface area contributed by atoms with Crippen LogP contribution in [-0.4, -0.2) is 21.3 Å². The fraction of sp³-hybridized carbons (Fsp3) is 0.143. The highest BCUT2D eigenvalue weighted by atomic mass is 79.9. The van der Waals surface area contributed by atoms with E-state index in [0.29, 0.717) is 9.99 Å². The number of aliphatic hydroxyl groups is 1. The zero-order chi connectivity index (χ0) is 16.6. The van der Waals surface area contributed by atoms with Gasteiger partial charge in [0.15, 0.2) is 5.58 Å². The minimum atomic E-state index is -1.14. The average Bonchev–Trinajstić information content (AvgIpc) is 3.12. The first-order valence-corrected chi connectivity index (χ1v) is 8.47. The lowest BCUT2D eigenvalue weighted by molar-refractivity contribution is 0.201. The van der Waals surface area contributed by atoms with E-state index in [-0.39, 0.29) is 35.3 Å². The molecule has 120 valence electrons. The summed E-state index contributed by atoms with van der Waals surface area (Å²) in [5.74, 6) is 0.262. The van der Waals surface area contributed by atoms with Crippen LogP contribution in [0.25, 0.3) is 11.1 Å². The van der Waals surface area contributed by atoms with Gasteiger partial charge >= 0.3 is 6.09 Å². The lowest BCUT2D eigenvalue weighted by Crippen LogP contribution is -2.28. The molecule has 9 heteroatoms. The summed E-state index contributed by atoms with van der Waals surface area (Å²) in [4.78, 5) is 17.9. The van der Waals surface area contributed by atoms with Gasteiger partial charge in [-0.3, -0.25) is 4.90 Å². The molecule has 0 aliphatic carbocycles. The van der Waals surface area contributed by atoms with Gasteiger partial charge in [-0.1, -0.05) is 17.7 Å². The van der Waals surface area contributed by atoms with E-state index in [9.17, 15) is 15.0 Å². The lowest BCUT2D eigenvalue weighted by atomic mass is 10.3. The molecule has 0 radical (unpaired) electrons. The Morgan fingerprint density at radius 1 is 1.52 bits per heavy atom. The Morgan fingerprint density at radius 3 is 2.91 bits per heavy atom. The normalized spacial score (nSPS) is 11.1. The number of nitrogens with zero attached hydrogens (tertiary/aromatic N) is 2. The summed E-state index contributed by atoms with van der Waals surface area (Å²) in [6.07, 6.45) is -1.14. The molecule has 0 aliphatic rings. The minimum Gasteiger partial charge on any atom is -0.465 e. The van der Waals surface area contributed by atoms with Crippen molar-refractivity contribution in [2.75, 3.05) is 4.90 Å². The van der Waals surface area contributed by atoms with Crippen molar-refractivity contribution in [2.45, 2.75) is 13.2 Å². The van der Waals surface area contributed by atoms with Crippen molar-refractivity contribution in [3.05, 3.63) is 43.8 Å². The highest BCUT2D eigenvalue weighted by Crippen LogP contribution is 2.37. The van der Waals surface area contributed by atoms with E-state index in [1.54, 1.807) is 0 Å². The van der Waals surface area contributed by atoms with Crippen LogP contribution in [0.5, 0.6) is 0 Å². The van der Waals surface area contributed by atoms with Crippen molar-refractivity contribution in [1.29, 1.82) is 0 Å². The van der Waals surface area contributed by atoms with Crippen LogP contribution in [0.15, 0.2) is 32.5 Å². The van der Waals surface area contributed by atoms with Crippen LogP contribution in [0, 0.1) is 0 Å². The topological polar surface area (TPSA) is 86.8 Å². The van der Waals surface area contributed by atoms with Crippen LogP contribution in [0.1, 0.15) is 10.6 Å². The van der Waals surface area contributed by atoms with Crippen LogP contribution in [-0.2, 0) is 13.2 Å². The number of aliphatic hydroxyl groups excluding tert-OH is 1. The van der Waals surface area contributed by atoms with Crippen LogP contribution in [0.4, 0.5) is 10.5 Å². The van der Waals surface area contributed by atoms with Crippen molar-refractivity contribution in [1.82, 2.24) is 4.98 Å². The number of thiophene rings is 1. The number of furan rings is 1. The molecule has 23 heavy (non-hydrogen) atoms. The second kappa shape index (κ2) is 6.48. The van der Waals surface area contributed by atoms with Gasteiger partial charge in [0, 0.05) is 10.9 Å². The van der Waals surface area contributed by atoms with E-state index < -0.39 is 6.09 Å². The average molecular weight is 418 g/mol. The molecule has 0 bridgehead atoms. The fourth-order valence-electron chi connectivity index (χ4n) is 2.16. The van der Waals surface area contributed by atoms with E-state index in [4.69, 9.17) is 16.0 Å². The Bertz CT molecular complexity index is 865. The van der Waals surface area contributed by atoms with Gasteiger partial charge in [0.25, 0.3) is 0 Å². The molecule has 0 unspecified atom stereocenters. The quantitative estimate of drug-likeness (QED) is 0.611. The molecule has 0 aliphatic heterocycles. The van der Waals surface area contributed by atoms with E-state index >= 15 is 0 Å². The van der Waals surface area contributed by atoms with Gasteiger partial charge in [0.1, 0.15) is 23.0 Å². The number of aromatic nitrogens is 1. The number of hydrogen-bond donors (Lipinski definition) is 2. The maximum Gasteiger partial charge on any atom is 0.412 e. The molecule has 0 saturated carbocycles. The Kier molecular flexibility index (Phi) is 4.58. The van der Waals surface area contributed by atoms with Crippen molar-refractivity contribution in [3.63, 3.8) is 0 Å². The standard InChI is InChI=1S/C14H10BrClN2O4S/c15-11-9(6-19)22-13-8(4-10(16)17-12(11)13)18(14(20)21)5-7-2-1-3-23-7/h1-4,19H,5-6H2,(H,20,21). The molecule has 0 fully saturated rings. The van der Waals surface area contributed by atoms with E-state index in [2.05, 4.69) is 20.9 Å². The molecule has 3 aromatic heterocycles. The first-order valence-electron chi connectivity index (χ1n) is 6.42. The second-order valence-corrected chi connectivity index (χ2v) is 6.80. The number of anilines is 1. The van der Waals surface area contributed by atoms with E-state index in [1.807, 2.05) is 17.5 Å². The molecule has 1 amide bonds. The molecule has 3 rings (SSSR count). The summed E-state index contributed by atoms with van der Waals surface area (Å²) in [5, 5.41) is 20.9. The smallest absolute Gasteiger partial charge is 0.412 e. The summed E-state index contributed by atoms with van der Waals surface area (Å²) in [6.45, 7) is -0.179. The van der Waals surface area contributed by atoms with Crippen LogP contribution in [0.3, 0.4) is 0 Å². The van der Waals surface area contributed by atoms with Gasteiger partial charge in [-0.05, 0) is 27.4 Å². The third-order valence-electron chi connectivity index (χ3n) is 3.16. The molecule has 0 atom stereocenters. The summed E-state index contributed by atoms with van der Waals surface area (Å²) < 4.78 is 6.02. The number of fused-ring (bicyclic) bond motifs is 1. The molecule has 0 saturated heterocycles. The maximum atomic E-state index is 11.7.